The van der Waals surface area contributed by atoms with E-state index in [1.807, 2.05) is 30.3 Å². The molecule has 252 valence electrons. The van der Waals surface area contributed by atoms with Gasteiger partial charge in [-0.1, -0.05) is 71.1 Å². The van der Waals surface area contributed by atoms with Crippen LogP contribution in [0, 0.1) is 0 Å². The third-order valence-electron chi connectivity index (χ3n) is 7.23. The van der Waals surface area contributed by atoms with Gasteiger partial charge in [-0.05, 0) is 54.0 Å². The Morgan fingerprint density at radius 3 is 1.74 bits per heavy atom. The number of carboxylic acids is 1. The first-order valence-corrected chi connectivity index (χ1v) is 24.3. The first-order chi connectivity index (χ1) is 22.1. The van der Waals surface area contributed by atoms with E-state index in [-0.39, 0.29) is 24.6 Å². The lowest BCUT2D eigenvalue weighted by Gasteiger charge is -2.15. The van der Waals surface area contributed by atoms with Gasteiger partial charge in [0, 0.05) is 61.7 Å². The summed E-state index contributed by atoms with van der Waals surface area (Å²) in [7, 11) is -2.26. The lowest BCUT2D eigenvalue weighted by atomic mass is 10.1. The fourth-order valence-electron chi connectivity index (χ4n) is 4.56. The Morgan fingerprint density at radius 1 is 0.809 bits per heavy atom. The SMILES string of the molecule is C[Si](C)(C)CCOCn1nc(C(=O)Cc2cn[nH]c2)c2ccc(Br)cc21.C[Si](C)(C)CCOCn1nc(C(=O)O)c2ccc(Br)cc21. The molecule has 2 aromatic carbocycles. The summed E-state index contributed by atoms with van der Waals surface area (Å²) in [6.07, 6.45) is 3.66. The smallest absolute Gasteiger partial charge is 0.357 e. The van der Waals surface area contributed by atoms with Crippen molar-refractivity contribution in [1.29, 1.82) is 0 Å². The van der Waals surface area contributed by atoms with E-state index in [0.717, 1.165) is 43.0 Å². The summed E-state index contributed by atoms with van der Waals surface area (Å²) in [5, 5.41) is 26.0. The van der Waals surface area contributed by atoms with Crippen LogP contribution in [0.25, 0.3) is 21.8 Å². The molecule has 5 aromatic rings. The number of carboxylic acid groups (broad SMARTS) is 1. The number of hydrogen-bond acceptors (Lipinski definition) is 7. The van der Waals surface area contributed by atoms with Crippen LogP contribution in [0.4, 0.5) is 0 Å². The van der Waals surface area contributed by atoms with Crippen LogP contribution in [0.15, 0.2) is 57.7 Å². The number of rotatable bonds is 14. The first kappa shape index (κ1) is 36.9. The molecule has 0 saturated carbocycles. The number of nitrogens with zero attached hydrogens (tertiary/aromatic N) is 5. The molecule has 0 radical (unpaired) electrons. The van der Waals surface area contributed by atoms with Gasteiger partial charge >= 0.3 is 5.97 Å². The Hall–Kier alpha value is -2.96. The van der Waals surface area contributed by atoms with E-state index >= 15 is 0 Å². The van der Waals surface area contributed by atoms with Crippen molar-refractivity contribution in [1.82, 2.24) is 29.8 Å². The number of ether oxygens (including phenoxy) is 2. The van der Waals surface area contributed by atoms with Gasteiger partial charge < -0.3 is 14.6 Å². The zero-order valence-corrected chi connectivity index (χ0v) is 32.8. The van der Waals surface area contributed by atoms with Crippen molar-refractivity contribution in [2.24, 2.45) is 0 Å². The van der Waals surface area contributed by atoms with Crippen molar-refractivity contribution in [3.8, 4) is 0 Å². The number of benzene rings is 2. The number of carbonyl (C=O) groups excluding carboxylic acids is 1. The van der Waals surface area contributed by atoms with Gasteiger partial charge in [-0.25, -0.2) is 14.2 Å². The van der Waals surface area contributed by atoms with E-state index in [1.165, 1.54) is 0 Å². The molecule has 3 heterocycles. The first-order valence-electron chi connectivity index (χ1n) is 15.3. The Morgan fingerprint density at radius 2 is 1.30 bits per heavy atom. The minimum Gasteiger partial charge on any atom is -0.476 e. The molecule has 3 aromatic heterocycles. The molecule has 0 unspecified atom stereocenters. The van der Waals surface area contributed by atoms with Gasteiger partial charge in [0.2, 0.25) is 0 Å². The number of H-pyrrole nitrogens is 1. The molecular formula is C32H42Br2N6O5Si2. The largest absolute Gasteiger partial charge is 0.476 e. The fourth-order valence-corrected chi connectivity index (χ4v) is 6.77. The van der Waals surface area contributed by atoms with Gasteiger partial charge in [-0.2, -0.15) is 15.3 Å². The van der Waals surface area contributed by atoms with E-state index in [1.54, 1.807) is 27.8 Å². The minimum atomic E-state index is -1.13. The van der Waals surface area contributed by atoms with Crippen LogP contribution in [0.3, 0.4) is 0 Å². The summed E-state index contributed by atoms with van der Waals surface area (Å²) in [6, 6.07) is 13.4. The van der Waals surface area contributed by atoms with Gasteiger partial charge in [-0.15, -0.1) is 0 Å². The summed E-state index contributed by atoms with van der Waals surface area (Å²) in [5.74, 6) is -1.05. The molecule has 11 nitrogen and oxygen atoms in total. The van der Waals surface area contributed by atoms with Crippen LogP contribution in [-0.4, -0.2) is 76.0 Å². The summed E-state index contributed by atoms with van der Waals surface area (Å²) in [4.78, 5) is 24.0. The lowest BCUT2D eigenvalue weighted by molar-refractivity contribution is 0.0675. The third-order valence-corrected chi connectivity index (χ3v) is 11.6. The molecular weight excluding hydrogens is 764 g/mol. The maximum absolute atomic E-state index is 12.7. The van der Waals surface area contributed by atoms with Crippen LogP contribution in [0.1, 0.15) is 26.5 Å². The zero-order valence-electron chi connectivity index (χ0n) is 27.6. The number of fused-ring (bicyclic) bond motifs is 2. The average Bonchev–Trinajstić information content (AvgIpc) is 3.70. The van der Waals surface area contributed by atoms with Gasteiger partial charge in [0.1, 0.15) is 19.2 Å². The second-order valence-corrected chi connectivity index (χ2v) is 26.8. The quantitative estimate of drug-likeness (QED) is 0.0654. The molecule has 0 saturated heterocycles. The molecule has 47 heavy (non-hydrogen) atoms. The van der Waals surface area contributed by atoms with Crippen LogP contribution in [-0.2, 0) is 29.4 Å². The number of nitrogens with one attached hydrogen (secondary N) is 1. The van der Waals surface area contributed by atoms with E-state index in [2.05, 4.69) is 91.5 Å². The maximum Gasteiger partial charge on any atom is 0.357 e. The monoisotopic (exact) mass is 804 g/mol. The molecule has 0 atom stereocenters. The predicted octanol–water partition coefficient (Wildman–Crippen LogP) is 8.07. The number of halogens is 2. The summed E-state index contributed by atoms with van der Waals surface area (Å²) < 4.78 is 16.7. The molecule has 0 fully saturated rings. The highest BCUT2D eigenvalue weighted by Crippen LogP contribution is 2.25. The predicted molar refractivity (Wildman–Crippen MR) is 197 cm³/mol. The Bertz CT molecular complexity index is 1830. The molecule has 2 N–H and O–H groups in total. The molecule has 0 aliphatic rings. The lowest BCUT2D eigenvalue weighted by Crippen LogP contribution is -2.22. The molecule has 0 aliphatic carbocycles. The normalized spacial score (nSPS) is 12.0. The Balaban J connectivity index is 0.000000218. The number of aromatic amines is 1. The number of hydrogen-bond donors (Lipinski definition) is 2. The van der Waals surface area contributed by atoms with E-state index < -0.39 is 22.1 Å². The van der Waals surface area contributed by atoms with Crippen molar-refractivity contribution < 1.29 is 24.2 Å². The molecule has 15 heteroatoms. The van der Waals surface area contributed by atoms with Gasteiger partial charge in [0.05, 0.1) is 17.2 Å². The summed E-state index contributed by atoms with van der Waals surface area (Å²) in [5.41, 5.74) is 3.03. The molecule has 5 rings (SSSR count). The highest BCUT2D eigenvalue weighted by molar-refractivity contribution is 9.10. The third kappa shape index (κ3) is 10.8. The fraction of sp³-hybridized carbons (Fsp3) is 0.406. The van der Waals surface area contributed by atoms with Crippen molar-refractivity contribution in [2.75, 3.05) is 13.2 Å². The van der Waals surface area contributed by atoms with E-state index in [4.69, 9.17) is 9.47 Å². The van der Waals surface area contributed by atoms with Gasteiger partial charge in [0.25, 0.3) is 0 Å². The zero-order chi connectivity index (χ0) is 34.4. The molecule has 0 aliphatic heterocycles. The molecule has 0 spiro atoms. The minimum absolute atomic E-state index is 0.0282. The number of Topliss-reactive ketones (excluding diaryl/α,β-unsaturated/α-hetero) is 1. The second kappa shape index (κ2) is 16.0. The molecule has 0 amide bonds. The van der Waals surface area contributed by atoms with E-state index in [9.17, 15) is 14.7 Å². The van der Waals surface area contributed by atoms with Crippen LogP contribution < -0.4 is 0 Å². The standard InChI is InChI=1S/C18H23BrN4O2Si.C14H19BrN2O3Si/c1-26(2,3)7-6-25-12-23-16-9-14(19)4-5-15(16)18(22-23)17(24)8-13-10-20-21-11-13;1-21(2,3)7-6-20-9-17-12-8-10(15)4-5-11(12)13(16-17)14(18)19/h4-5,9-11H,6-8,12H2,1-3H3,(H,20,21);4-5,8H,6-7,9H2,1-3H3,(H,18,19). The second-order valence-electron chi connectivity index (χ2n) is 13.7. The van der Waals surface area contributed by atoms with E-state index in [0.29, 0.717) is 31.0 Å². The number of aromatic nitrogens is 6. The van der Waals surface area contributed by atoms with Crippen LogP contribution >= 0.6 is 31.9 Å². The topological polar surface area (TPSA) is 137 Å². The molecule has 0 bridgehead atoms. The summed E-state index contributed by atoms with van der Waals surface area (Å²) in [6.45, 7) is 15.8. The number of ketones is 1. The highest BCUT2D eigenvalue weighted by atomic mass is 79.9. The number of carbonyl (C=O) groups is 2. The Labute approximate surface area is 293 Å². The van der Waals surface area contributed by atoms with Crippen molar-refractivity contribution >= 4 is 81.6 Å². The van der Waals surface area contributed by atoms with Crippen molar-refractivity contribution in [3.63, 3.8) is 0 Å². The van der Waals surface area contributed by atoms with Gasteiger partial charge in [-0.3, -0.25) is 9.89 Å². The van der Waals surface area contributed by atoms with Gasteiger partial charge in [0.15, 0.2) is 11.5 Å². The summed E-state index contributed by atoms with van der Waals surface area (Å²) >= 11 is 6.89. The van der Waals surface area contributed by atoms with Crippen molar-refractivity contribution in [3.05, 3.63) is 74.7 Å². The maximum atomic E-state index is 12.7. The van der Waals surface area contributed by atoms with Crippen molar-refractivity contribution in [2.45, 2.75) is 71.3 Å². The average molecular weight is 807 g/mol. The van der Waals surface area contributed by atoms with Crippen LogP contribution in [0.5, 0.6) is 0 Å². The number of aromatic carboxylic acids is 1. The van der Waals surface area contributed by atoms with Crippen LogP contribution in [0.2, 0.25) is 51.4 Å². The Kier molecular flexibility index (Phi) is 12.5. The highest BCUT2D eigenvalue weighted by Gasteiger charge is 2.20.